The standard InChI is InChI=1S/C12H18ClN3O/c1-2-7-16-9-10(13)8-11(16)12(17)15-6-4-3-5-14/h3-4,8-9H,2,5-7,14H2,1H3,(H,15,17)/b4-3+. The van der Waals surface area contributed by atoms with Crippen molar-refractivity contribution in [1.82, 2.24) is 9.88 Å². The lowest BCUT2D eigenvalue weighted by molar-refractivity contribution is 0.0948. The van der Waals surface area contributed by atoms with Gasteiger partial charge in [0.2, 0.25) is 0 Å². The quantitative estimate of drug-likeness (QED) is 0.762. The molecule has 1 heterocycles. The number of hydrogen-bond acceptors (Lipinski definition) is 2. The predicted molar refractivity (Wildman–Crippen MR) is 70.3 cm³/mol. The molecular formula is C12H18ClN3O. The highest BCUT2D eigenvalue weighted by Crippen LogP contribution is 2.14. The molecule has 94 valence electrons. The summed E-state index contributed by atoms with van der Waals surface area (Å²) < 4.78 is 1.87. The lowest BCUT2D eigenvalue weighted by Gasteiger charge is -2.07. The third kappa shape index (κ3) is 4.24. The molecule has 0 atom stereocenters. The maximum absolute atomic E-state index is 11.9. The van der Waals surface area contributed by atoms with Gasteiger partial charge in [0.1, 0.15) is 5.69 Å². The first kappa shape index (κ1) is 13.8. The lowest BCUT2D eigenvalue weighted by atomic mass is 10.3. The monoisotopic (exact) mass is 255 g/mol. The van der Waals surface area contributed by atoms with Gasteiger partial charge >= 0.3 is 0 Å². The molecule has 0 saturated carbocycles. The minimum Gasteiger partial charge on any atom is -0.347 e. The third-order valence-corrected chi connectivity index (χ3v) is 2.45. The molecule has 3 N–H and O–H groups in total. The summed E-state index contributed by atoms with van der Waals surface area (Å²) in [6.07, 6.45) is 6.36. The van der Waals surface area contributed by atoms with Crippen LogP contribution in [0.3, 0.4) is 0 Å². The van der Waals surface area contributed by atoms with Crippen molar-refractivity contribution >= 4 is 17.5 Å². The van der Waals surface area contributed by atoms with Crippen LogP contribution in [0.1, 0.15) is 23.8 Å². The first-order chi connectivity index (χ1) is 8.19. The Kier molecular flexibility index (Phi) is 5.80. The van der Waals surface area contributed by atoms with Crippen LogP contribution in [-0.4, -0.2) is 23.6 Å². The second-order valence-electron chi connectivity index (χ2n) is 3.65. The number of carbonyl (C=O) groups is 1. The fourth-order valence-electron chi connectivity index (χ4n) is 1.51. The molecule has 1 rings (SSSR count). The number of hydrogen-bond donors (Lipinski definition) is 2. The van der Waals surface area contributed by atoms with Gasteiger partial charge in [-0.25, -0.2) is 0 Å². The van der Waals surface area contributed by atoms with Crippen LogP contribution in [0.2, 0.25) is 5.02 Å². The highest BCUT2D eigenvalue weighted by Gasteiger charge is 2.11. The van der Waals surface area contributed by atoms with Crippen LogP contribution in [0.5, 0.6) is 0 Å². The largest absolute Gasteiger partial charge is 0.347 e. The Morgan fingerprint density at radius 1 is 1.59 bits per heavy atom. The molecule has 0 aliphatic rings. The van der Waals surface area contributed by atoms with Crippen molar-refractivity contribution in [3.63, 3.8) is 0 Å². The molecule has 1 aromatic heterocycles. The van der Waals surface area contributed by atoms with E-state index < -0.39 is 0 Å². The molecule has 0 aliphatic carbocycles. The number of halogens is 1. The second-order valence-corrected chi connectivity index (χ2v) is 4.09. The Bertz CT molecular complexity index is 398. The summed E-state index contributed by atoms with van der Waals surface area (Å²) in [4.78, 5) is 11.9. The van der Waals surface area contributed by atoms with E-state index in [0.29, 0.717) is 23.8 Å². The van der Waals surface area contributed by atoms with Gasteiger partial charge in [-0.3, -0.25) is 4.79 Å². The van der Waals surface area contributed by atoms with Crippen molar-refractivity contribution < 1.29 is 4.79 Å². The summed E-state index contributed by atoms with van der Waals surface area (Å²) in [7, 11) is 0. The SMILES string of the molecule is CCCn1cc(Cl)cc1C(=O)NC/C=C/CN. The molecular weight excluding hydrogens is 238 g/mol. The number of nitrogens with two attached hydrogens (primary N) is 1. The van der Waals surface area contributed by atoms with Gasteiger partial charge in [-0.15, -0.1) is 0 Å². The molecule has 0 aliphatic heterocycles. The van der Waals surface area contributed by atoms with Crippen molar-refractivity contribution in [3.8, 4) is 0 Å². The van der Waals surface area contributed by atoms with Crippen LogP contribution in [-0.2, 0) is 6.54 Å². The normalized spacial score (nSPS) is 11.0. The van der Waals surface area contributed by atoms with Crippen molar-refractivity contribution in [1.29, 1.82) is 0 Å². The average Bonchev–Trinajstić information content (AvgIpc) is 2.66. The Morgan fingerprint density at radius 3 is 3.00 bits per heavy atom. The molecule has 0 spiro atoms. The van der Waals surface area contributed by atoms with Crippen molar-refractivity contribution in [2.24, 2.45) is 5.73 Å². The van der Waals surface area contributed by atoms with Gasteiger partial charge in [0.15, 0.2) is 0 Å². The maximum Gasteiger partial charge on any atom is 0.268 e. The average molecular weight is 256 g/mol. The highest BCUT2D eigenvalue weighted by atomic mass is 35.5. The number of carbonyl (C=O) groups excluding carboxylic acids is 1. The van der Waals surface area contributed by atoms with E-state index in [1.54, 1.807) is 18.3 Å². The van der Waals surface area contributed by atoms with E-state index in [-0.39, 0.29) is 5.91 Å². The van der Waals surface area contributed by atoms with Crippen LogP contribution >= 0.6 is 11.6 Å². The van der Waals surface area contributed by atoms with Gasteiger partial charge in [-0.1, -0.05) is 30.7 Å². The minimum atomic E-state index is -0.118. The topological polar surface area (TPSA) is 60.0 Å². The molecule has 0 aromatic carbocycles. The van der Waals surface area contributed by atoms with Gasteiger partial charge in [-0.05, 0) is 12.5 Å². The van der Waals surface area contributed by atoms with Crippen molar-refractivity contribution in [3.05, 3.63) is 35.1 Å². The number of amides is 1. The summed E-state index contributed by atoms with van der Waals surface area (Å²) >= 11 is 5.90. The van der Waals surface area contributed by atoms with Crippen molar-refractivity contribution in [2.75, 3.05) is 13.1 Å². The van der Waals surface area contributed by atoms with E-state index in [1.165, 1.54) is 0 Å². The molecule has 17 heavy (non-hydrogen) atoms. The van der Waals surface area contributed by atoms with E-state index in [1.807, 2.05) is 10.6 Å². The smallest absolute Gasteiger partial charge is 0.268 e. The van der Waals surface area contributed by atoms with E-state index in [9.17, 15) is 4.79 Å². The van der Waals surface area contributed by atoms with Crippen LogP contribution in [0, 0.1) is 0 Å². The van der Waals surface area contributed by atoms with Crippen LogP contribution < -0.4 is 11.1 Å². The number of nitrogens with zero attached hydrogens (tertiary/aromatic N) is 1. The zero-order chi connectivity index (χ0) is 12.7. The predicted octanol–water partition coefficient (Wildman–Crippen LogP) is 1.80. The highest BCUT2D eigenvalue weighted by molar-refractivity contribution is 6.31. The van der Waals surface area contributed by atoms with Gasteiger partial charge in [0.05, 0.1) is 5.02 Å². The Balaban J connectivity index is 2.64. The molecule has 0 saturated heterocycles. The number of rotatable bonds is 6. The molecule has 0 bridgehead atoms. The molecule has 5 heteroatoms. The fourth-order valence-corrected chi connectivity index (χ4v) is 1.73. The second kappa shape index (κ2) is 7.14. The third-order valence-electron chi connectivity index (χ3n) is 2.24. The molecule has 4 nitrogen and oxygen atoms in total. The van der Waals surface area contributed by atoms with E-state index in [2.05, 4.69) is 12.2 Å². The first-order valence-electron chi connectivity index (χ1n) is 5.68. The molecule has 0 fully saturated rings. The molecule has 1 amide bonds. The number of aromatic nitrogens is 1. The van der Waals surface area contributed by atoms with Gasteiger partial charge in [0, 0.05) is 25.8 Å². The summed E-state index contributed by atoms with van der Waals surface area (Å²) in [5.41, 5.74) is 5.90. The zero-order valence-corrected chi connectivity index (χ0v) is 10.7. The summed E-state index contributed by atoms with van der Waals surface area (Å²) in [5, 5.41) is 3.37. The van der Waals surface area contributed by atoms with E-state index >= 15 is 0 Å². The maximum atomic E-state index is 11.9. The van der Waals surface area contributed by atoms with Crippen molar-refractivity contribution in [2.45, 2.75) is 19.9 Å². The molecule has 0 unspecified atom stereocenters. The fraction of sp³-hybridized carbons (Fsp3) is 0.417. The summed E-state index contributed by atoms with van der Waals surface area (Å²) in [6.45, 7) is 3.80. The van der Waals surface area contributed by atoms with E-state index in [0.717, 1.165) is 13.0 Å². The summed E-state index contributed by atoms with van der Waals surface area (Å²) in [6, 6.07) is 1.68. The molecule has 1 aromatic rings. The Morgan fingerprint density at radius 2 is 2.35 bits per heavy atom. The van der Waals surface area contributed by atoms with Gasteiger partial charge in [0.25, 0.3) is 5.91 Å². The van der Waals surface area contributed by atoms with Crippen LogP contribution in [0.15, 0.2) is 24.4 Å². The first-order valence-corrected chi connectivity index (χ1v) is 6.05. The van der Waals surface area contributed by atoms with E-state index in [4.69, 9.17) is 17.3 Å². The zero-order valence-electron chi connectivity index (χ0n) is 9.95. The van der Waals surface area contributed by atoms with Gasteiger partial charge < -0.3 is 15.6 Å². The number of nitrogens with one attached hydrogen (secondary N) is 1. The van der Waals surface area contributed by atoms with Crippen LogP contribution in [0.25, 0.3) is 0 Å². The minimum absolute atomic E-state index is 0.118. The number of aryl methyl sites for hydroxylation is 1. The molecule has 0 radical (unpaired) electrons. The van der Waals surface area contributed by atoms with Gasteiger partial charge in [-0.2, -0.15) is 0 Å². The van der Waals surface area contributed by atoms with Crippen LogP contribution in [0.4, 0.5) is 0 Å². The Labute approximate surface area is 106 Å². The Hall–Kier alpha value is -1.26. The summed E-state index contributed by atoms with van der Waals surface area (Å²) in [5.74, 6) is -0.118. The lowest BCUT2D eigenvalue weighted by Crippen LogP contribution is -2.26.